The van der Waals surface area contributed by atoms with Crippen LogP contribution in [-0.4, -0.2) is 33.6 Å². The highest BCUT2D eigenvalue weighted by molar-refractivity contribution is 7.14. The predicted molar refractivity (Wildman–Crippen MR) is 117 cm³/mol. The summed E-state index contributed by atoms with van der Waals surface area (Å²) in [7, 11) is 0. The molecule has 0 aromatic carbocycles. The molecule has 1 aliphatic heterocycles. The van der Waals surface area contributed by atoms with Gasteiger partial charge in [0.05, 0.1) is 17.5 Å². The van der Waals surface area contributed by atoms with Crippen molar-refractivity contribution in [2.45, 2.75) is 69.7 Å². The number of thiazole rings is 1. The molecule has 1 N–H and O–H groups in total. The first-order chi connectivity index (χ1) is 14.9. The van der Waals surface area contributed by atoms with E-state index in [1.54, 1.807) is 6.92 Å². The van der Waals surface area contributed by atoms with Crippen LogP contribution in [0.2, 0.25) is 0 Å². The first kappa shape index (κ1) is 19.6. The van der Waals surface area contributed by atoms with Crippen LogP contribution in [0.15, 0.2) is 17.5 Å². The number of nitrogens with zero attached hydrogens (tertiary/aromatic N) is 2. The Hall–Kier alpha value is -2.02. The van der Waals surface area contributed by atoms with Gasteiger partial charge >= 0.3 is 0 Å². The predicted octanol–water partition coefficient (Wildman–Crippen LogP) is 3.89. The van der Waals surface area contributed by atoms with E-state index in [9.17, 15) is 14.4 Å². The van der Waals surface area contributed by atoms with Gasteiger partial charge in [0.25, 0.3) is 0 Å². The van der Waals surface area contributed by atoms with E-state index in [2.05, 4.69) is 10.7 Å². The third-order valence-corrected chi connectivity index (χ3v) is 9.38. The van der Waals surface area contributed by atoms with Gasteiger partial charge in [-0.05, 0) is 76.0 Å². The Morgan fingerprint density at radius 3 is 2.16 bits per heavy atom. The maximum Gasteiger partial charge on any atom is 0.249 e. The molecule has 2 heterocycles. The number of anilines is 1. The van der Waals surface area contributed by atoms with Gasteiger partial charge in [-0.3, -0.25) is 19.3 Å². The Morgan fingerprint density at radius 2 is 1.61 bits per heavy atom. The summed E-state index contributed by atoms with van der Waals surface area (Å²) in [5, 5.41) is 5.61. The van der Waals surface area contributed by atoms with Gasteiger partial charge in [-0.2, -0.15) is 0 Å². The lowest BCUT2D eigenvalue weighted by atomic mass is 9.49. The first-order valence-electron chi connectivity index (χ1n) is 11.7. The molecule has 6 nitrogen and oxygen atoms in total. The highest BCUT2D eigenvalue weighted by atomic mass is 32.1. The van der Waals surface area contributed by atoms with Crippen molar-refractivity contribution in [3.05, 3.63) is 23.2 Å². The van der Waals surface area contributed by atoms with Crippen molar-refractivity contribution in [2.75, 3.05) is 5.32 Å². The summed E-state index contributed by atoms with van der Waals surface area (Å²) in [5.41, 5.74) is 1.34. The molecule has 4 bridgehead atoms. The van der Waals surface area contributed by atoms with Gasteiger partial charge in [0.1, 0.15) is 6.04 Å². The number of carbonyl (C=O) groups is 3. The van der Waals surface area contributed by atoms with Crippen LogP contribution in [0.4, 0.5) is 5.13 Å². The molecule has 7 rings (SSSR count). The number of nitrogens with one attached hydrogen (secondary N) is 1. The van der Waals surface area contributed by atoms with Crippen molar-refractivity contribution < 1.29 is 14.4 Å². The Kier molecular flexibility index (Phi) is 4.43. The average molecular weight is 440 g/mol. The Bertz CT molecular complexity index is 921. The molecule has 0 radical (unpaired) electrons. The van der Waals surface area contributed by atoms with Gasteiger partial charge in [0.2, 0.25) is 17.7 Å². The van der Waals surface area contributed by atoms with Crippen molar-refractivity contribution >= 4 is 34.2 Å². The van der Waals surface area contributed by atoms with Crippen LogP contribution in [0.25, 0.3) is 0 Å². The second-order valence-electron chi connectivity index (χ2n) is 10.6. The summed E-state index contributed by atoms with van der Waals surface area (Å²) in [6.45, 7) is 1.64. The lowest BCUT2D eigenvalue weighted by molar-refractivity contribution is -0.146. The van der Waals surface area contributed by atoms with Gasteiger partial charge in [-0.1, -0.05) is 12.2 Å². The quantitative estimate of drug-likeness (QED) is 0.570. The first-order valence-corrected chi connectivity index (χ1v) is 12.6. The number of aromatic nitrogens is 1. The van der Waals surface area contributed by atoms with Gasteiger partial charge in [-0.15, -0.1) is 11.3 Å². The zero-order valence-electron chi connectivity index (χ0n) is 17.9. The smallest absolute Gasteiger partial charge is 0.249 e. The number of carbonyl (C=O) groups excluding carboxylic acids is 3. The van der Waals surface area contributed by atoms with Crippen molar-refractivity contribution in [1.82, 2.24) is 9.88 Å². The topological polar surface area (TPSA) is 79.4 Å². The van der Waals surface area contributed by atoms with Crippen LogP contribution in [0, 0.1) is 29.6 Å². The second kappa shape index (κ2) is 6.99. The van der Waals surface area contributed by atoms with E-state index in [-0.39, 0.29) is 35.0 Å². The molecular formula is C24H29N3O3S. The van der Waals surface area contributed by atoms with Crippen LogP contribution in [0.3, 0.4) is 0 Å². The molecule has 7 heteroatoms. The molecule has 2 unspecified atom stereocenters. The molecule has 1 saturated heterocycles. The van der Waals surface area contributed by atoms with Crippen LogP contribution in [-0.2, 0) is 19.8 Å². The van der Waals surface area contributed by atoms with Gasteiger partial charge < -0.3 is 5.32 Å². The molecule has 3 amide bonds. The summed E-state index contributed by atoms with van der Waals surface area (Å²) in [6.07, 6.45) is 13.0. The summed E-state index contributed by atoms with van der Waals surface area (Å²) in [4.78, 5) is 44.6. The molecule has 5 aliphatic carbocycles. The number of rotatable bonds is 4. The van der Waals surface area contributed by atoms with Crippen LogP contribution < -0.4 is 5.32 Å². The van der Waals surface area contributed by atoms with Crippen molar-refractivity contribution in [3.8, 4) is 0 Å². The van der Waals surface area contributed by atoms with Crippen molar-refractivity contribution in [2.24, 2.45) is 29.6 Å². The minimum atomic E-state index is -0.822. The number of fused-ring (bicyclic) bond motifs is 1. The molecule has 31 heavy (non-hydrogen) atoms. The van der Waals surface area contributed by atoms with Gasteiger partial charge in [0.15, 0.2) is 5.13 Å². The van der Waals surface area contributed by atoms with Crippen molar-refractivity contribution in [3.63, 3.8) is 0 Å². The van der Waals surface area contributed by atoms with Gasteiger partial charge in [-0.25, -0.2) is 4.98 Å². The lowest BCUT2D eigenvalue weighted by Gasteiger charge is -2.56. The molecule has 3 atom stereocenters. The number of likely N-dealkylation sites (tertiary alicyclic amines) is 1. The normalized spacial score (nSPS) is 39.1. The number of amides is 3. The fourth-order valence-electron chi connectivity index (χ4n) is 7.53. The average Bonchev–Trinajstić information content (AvgIpc) is 3.31. The minimum Gasteiger partial charge on any atom is -0.300 e. The molecule has 164 valence electrons. The number of allylic oxidation sites excluding steroid dienone is 2. The highest BCUT2D eigenvalue weighted by Gasteiger charge is 2.53. The maximum absolute atomic E-state index is 12.9. The molecule has 4 saturated carbocycles. The zero-order valence-corrected chi connectivity index (χ0v) is 18.7. The van der Waals surface area contributed by atoms with E-state index >= 15 is 0 Å². The van der Waals surface area contributed by atoms with Crippen LogP contribution >= 0.6 is 11.3 Å². The van der Waals surface area contributed by atoms with Crippen molar-refractivity contribution in [1.29, 1.82) is 0 Å². The monoisotopic (exact) mass is 439 g/mol. The largest absolute Gasteiger partial charge is 0.300 e. The van der Waals surface area contributed by atoms with E-state index in [0.29, 0.717) is 18.0 Å². The summed E-state index contributed by atoms with van der Waals surface area (Å²) in [5.74, 6) is 1.15. The third-order valence-electron chi connectivity index (χ3n) is 8.62. The Morgan fingerprint density at radius 1 is 1.06 bits per heavy atom. The molecule has 5 fully saturated rings. The molecule has 6 aliphatic rings. The fraction of sp³-hybridized carbons (Fsp3) is 0.667. The number of hydrogen-bond donors (Lipinski definition) is 1. The summed E-state index contributed by atoms with van der Waals surface area (Å²) < 4.78 is 0. The SMILES string of the molecule is C[C@@H](C(=O)Nc1nc(C23CC4CC(CC(C4)C2)C3)cs1)N1C(=O)C2CC=CCC2C1=O. The Balaban J connectivity index is 1.16. The van der Waals surface area contributed by atoms with Crippen LogP contribution in [0.5, 0.6) is 0 Å². The molecule has 1 aromatic heterocycles. The second-order valence-corrected chi connectivity index (χ2v) is 11.5. The van der Waals surface area contributed by atoms with E-state index in [4.69, 9.17) is 4.98 Å². The standard InChI is InChI=1S/C24H29N3O3S/c1-13(27-21(29)17-4-2-3-5-18(17)22(27)30)20(28)26-23-25-19(12-31-23)24-9-14-6-15(10-24)8-16(7-14)11-24/h2-3,12-18H,4-11H2,1H3,(H,25,26,28)/t13-,14?,15?,16?,17?,18?,24?/m0/s1. The van der Waals surface area contributed by atoms with E-state index < -0.39 is 6.04 Å². The molecule has 0 spiro atoms. The highest BCUT2D eigenvalue weighted by Crippen LogP contribution is 2.60. The third kappa shape index (κ3) is 3.03. The lowest BCUT2D eigenvalue weighted by Crippen LogP contribution is -2.48. The zero-order chi connectivity index (χ0) is 21.3. The van der Waals surface area contributed by atoms with E-state index in [1.165, 1.54) is 54.8 Å². The van der Waals surface area contributed by atoms with Crippen LogP contribution in [0.1, 0.15) is 64.0 Å². The molecule has 1 aromatic rings. The molecular weight excluding hydrogens is 410 g/mol. The summed E-state index contributed by atoms with van der Waals surface area (Å²) >= 11 is 1.47. The van der Waals surface area contributed by atoms with Gasteiger partial charge in [0, 0.05) is 10.8 Å². The number of imide groups is 1. The fourth-order valence-corrected chi connectivity index (χ4v) is 8.37. The van der Waals surface area contributed by atoms with E-state index in [1.807, 2.05) is 12.2 Å². The number of hydrogen-bond acceptors (Lipinski definition) is 5. The van der Waals surface area contributed by atoms with E-state index in [0.717, 1.165) is 23.4 Å². The summed E-state index contributed by atoms with van der Waals surface area (Å²) in [6, 6.07) is -0.822. The minimum absolute atomic E-state index is 0.198. The Labute approximate surface area is 186 Å². The maximum atomic E-state index is 12.9.